The summed E-state index contributed by atoms with van der Waals surface area (Å²) >= 11 is 1.38. The predicted molar refractivity (Wildman–Crippen MR) is 103 cm³/mol. The number of aromatic nitrogens is 2. The molecule has 0 aliphatic rings. The van der Waals surface area contributed by atoms with Crippen LogP contribution in [0, 0.1) is 0 Å². The van der Waals surface area contributed by atoms with Crippen molar-refractivity contribution < 1.29 is 9.53 Å². The average Bonchev–Trinajstić information content (AvgIpc) is 3.06. The zero-order valence-electron chi connectivity index (χ0n) is 14.2. The number of para-hydroxylation sites is 1. The van der Waals surface area contributed by atoms with Crippen molar-refractivity contribution in [3.8, 4) is 5.75 Å². The van der Waals surface area contributed by atoms with Gasteiger partial charge in [0.25, 0.3) is 11.5 Å². The van der Waals surface area contributed by atoms with Gasteiger partial charge < -0.3 is 9.64 Å². The van der Waals surface area contributed by atoms with Crippen molar-refractivity contribution in [2.24, 2.45) is 0 Å². The van der Waals surface area contributed by atoms with Crippen LogP contribution in [0.4, 0.5) is 5.69 Å². The molecule has 0 fully saturated rings. The van der Waals surface area contributed by atoms with Gasteiger partial charge in [-0.1, -0.05) is 29.5 Å². The largest absolute Gasteiger partial charge is 0.497 e. The van der Waals surface area contributed by atoms with Crippen molar-refractivity contribution in [1.29, 1.82) is 0 Å². The van der Waals surface area contributed by atoms with Crippen LogP contribution in [0.3, 0.4) is 0 Å². The van der Waals surface area contributed by atoms with Crippen LogP contribution in [-0.2, 0) is 0 Å². The maximum Gasteiger partial charge on any atom is 0.271 e. The minimum Gasteiger partial charge on any atom is -0.497 e. The Morgan fingerprint density at radius 2 is 1.96 bits per heavy atom. The summed E-state index contributed by atoms with van der Waals surface area (Å²) < 4.78 is 7.58. The normalized spacial score (nSPS) is 11.0. The van der Waals surface area contributed by atoms with E-state index in [-0.39, 0.29) is 11.1 Å². The summed E-state index contributed by atoms with van der Waals surface area (Å²) in [4.78, 5) is 32.1. The summed E-state index contributed by atoms with van der Waals surface area (Å²) in [5.41, 5.74) is 1.07. The zero-order valence-corrected chi connectivity index (χ0v) is 15.0. The second kappa shape index (κ2) is 6.27. The molecule has 4 rings (SSSR count). The maximum absolute atomic E-state index is 13.0. The van der Waals surface area contributed by atoms with E-state index in [4.69, 9.17) is 4.74 Å². The molecule has 4 aromatic rings. The number of hydrogen-bond acceptors (Lipinski definition) is 5. The van der Waals surface area contributed by atoms with Crippen molar-refractivity contribution >= 4 is 38.1 Å². The quantitative estimate of drug-likeness (QED) is 0.559. The predicted octanol–water partition coefficient (Wildman–Crippen LogP) is 3.19. The average molecular weight is 365 g/mol. The Morgan fingerprint density at radius 1 is 1.19 bits per heavy atom. The number of ether oxygens (including phenoxy) is 1. The van der Waals surface area contributed by atoms with Crippen molar-refractivity contribution in [3.63, 3.8) is 0 Å². The smallest absolute Gasteiger partial charge is 0.271 e. The minimum absolute atomic E-state index is 0.0318. The first-order valence-electron chi connectivity index (χ1n) is 7.91. The lowest BCUT2D eigenvalue weighted by atomic mass is 10.2. The number of hydrogen-bond donors (Lipinski definition) is 0. The number of nitrogens with zero attached hydrogens (tertiary/aromatic N) is 3. The zero-order chi connectivity index (χ0) is 18.3. The van der Waals surface area contributed by atoms with Gasteiger partial charge >= 0.3 is 0 Å². The first-order valence-corrected chi connectivity index (χ1v) is 8.73. The Balaban J connectivity index is 1.86. The fourth-order valence-corrected chi connectivity index (χ4v) is 3.82. The van der Waals surface area contributed by atoms with E-state index < -0.39 is 5.91 Å². The lowest BCUT2D eigenvalue weighted by Gasteiger charge is -2.16. The number of benzene rings is 2. The third-order valence-corrected chi connectivity index (χ3v) is 5.23. The number of fused-ring (bicyclic) bond motifs is 3. The van der Waals surface area contributed by atoms with Crippen molar-refractivity contribution in [2.45, 2.75) is 0 Å². The van der Waals surface area contributed by atoms with Crippen LogP contribution in [0.2, 0.25) is 0 Å². The topological polar surface area (TPSA) is 63.9 Å². The third-order valence-electron chi connectivity index (χ3n) is 4.22. The summed E-state index contributed by atoms with van der Waals surface area (Å²) in [5, 5.41) is 0. The summed E-state index contributed by atoms with van der Waals surface area (Å²) in [6, 6.07) is 14.6. The molecule has 0 spiro atoms. The Kier molecular flexibility index (Phi) is 3.93. The van der Waals surface area contributed by atoms with E-state index in [9.17, 15) is 9.59 Å². The van der Waals surface area contributed by atoms with E-state index in [2.05, 4.69) is 4.98 Å². The van der Waals surface area contributed by atoms with Crippen molar-refractivity contribution in [1.82, 2.24) is 9.38 Å². The molecule has 0 atom stereocenters. The van der Waals surface area contributed by atoms with Gasteiger partial charge in [-0.3, -0.25) is 14.0 Å². The molecule has 26 heavy (non-hydrogen) atoms. The molecule has 2 aromatic carbocycles. The van der Waals surface area contributed by atoms with Gasteiger partial charge in [0.05, 0.1) is 17.3 Å². The molecule has 0 aliphatic heterocycles. The van der Waals surface area contributed by atoms with Gasteiger partial charge in [0.1, 0.15) is 11.3 Å². The molecule has 1 amide bonds. The number of carbonyl (C=O) groups excluding carboxylic acids is 1. The van der Waals surface area contributed by atoms with E-state index in [0.717, 1.165) is 4.70 Å². The first-order chi connectivity index (χ1) is 12.6. The van der Waals surface area contributed by atoms with Crippen LogP contribution in [0.1, 0.15) is 10.4 Å². The van der Waals surface area contributed by atoms with E-state index in [0.29, 0.717) is 21.9 Å². The van der Waals surface area contributed by atoms with Gasteiger partial charge in [0, 0.05) is 18.9 Å². The van der Waals surface area contributed by atoms with Gasteiger partial charge in [-0.25, -0.2) is 4.98 Å². The van der Waals surface area contributed by atoms with Crippen LogP contribution >= 0.6 is 11.3 Å². The van der Waals surface area contributed by atoms with Crippen LogP contribution < -0.4 is 15.2 Å². The highest BCUT2D eigenvalue weighted by Gasteiger charge is 2.20. The third kappa shape index (κ3) is 2.53. The van der Waals surface area contributed by atoms with Gasteiger partial charge in [-0.15, -0.1) is 0 Å². The van der Waals surface area contributed by atoms with Gasteiger partial charge in [0.15, 0.2) is 4.96 Å². The minimum atomic E-state index is -0.393. The molecule has 2 aromatic heterocycles. The molecular formula is C19H15N3O3S. The van der Waals surface area contributed by atoms with Gasteiger partial charge in [0.2, 0.25) is 0 Å². The number of anilines is 1. The van der Waals surface area contributed by atoms with Crippen molar-refractivity contribution in [2.75, 3.05) is 19.1 Å². The Bertz CT molecular complexity index is 1180. The molecule has 0 bridgehead atoms. The lowest BCUT2D eigenvalue weighted by Crippen LogP contribution is -2.33. The maximum atomic E-state index is 13.0. The molecule has 0 saturated carbocycles. The van der Waals surface area contributed by atoms with Gasteiger partial charge in [-0.05, 0) is 30.3 Å². The Hall–Kier alpha value is -3.19. The highest BCUT2D eigenvalue weighted by atomic mass is 32.1. The van der Waals surface area contributed by atoms with E-state index in [1.54, 1.807) is 26.3 Å². The molecule has 0 aliphatic carbocycles. The molecule has 2 heterocycles. The van der Waals surface area contributed by atoms with Crippen LogP contribution in [0.15, 0.2) is 59.5 Å². The van der Waals surface area contributed by atoms with Gasteiger partial charge in [-0.2, -0.15) is 0 Å². The fourth-order valence-electron chi connectivity index (χ4n) is 2.81. The number of methoxy groups -OCH3 is 1. The molecule has 0 unspecified atom stereocenters. The lowest BCUT2D eigenvalue weighted by molar-refractivity contribution is 0.0991. The monoisotopic (exact) mass is 365 g/mol. The number of thiazole rings is 1. The molecule has 0 radical (unpaired) electrons. The van der Waals surface area contributed by atoms with E-state index >= 15 is 0 Å². The number of carbonyl (C=O) groups is 1. The number of rotatable bonds is 3. The molecule has 0 saturated heterocycles. The Labute approximate surface area is 152 Å². The van der Waals surface area contributed by atoms with E-state index in [1.165, 1.54) is 26.8 Å². The SMILES string of the molecule is COc1ccc2c(c1)sc1ncc(C(=O)N(C)c3ccccc3)c(=O)n12. The summed E-state index contributed by atoms with van der Waals surface area (Å²) in [6.07, 6.45) is 1.35. The van der Waals surface area contributed by atoms with Crippen LogP contribution in [0.5, 0.6) is 5.75 Å². The highest BCUT2D eigenvalue weighted by molar-refractivity contribution is 7.23. The second-order valence-electron chi connectivity index (χ2n) is 5.73. The van der Waals surface area contributed by atoms with Crippen molar-refractivity contribution in [3.05, 3.63) is 70.6 Å². The second-order valence-corrected chi connectivity index (χ2v) is 6.74. The summed E-state index contributed by atoms with van der Waals surface area (Å²) in [6.45, 7) is 0. The fraction of sp³-hybridized carbons (Fsp3) is 0.105. The standard InChI is InChI=1S/C19H15N3O3S/c1-21(12-6-4-3-5-7-12)17(23)14-11-20-19-22(18(14)24)15-9-8-13(25-2)10-16(15)26-19/h3-11H,1-2H3. The summed E-state index contributed by atoms with van der Waals surface area (Å²) in [5.74, 6) is 0.313. The number of amides is 1. The van der Waals surface area contributed by atoms with Crippen LogP contribution in [-0.4, -0.2) is 29.4 Å². The van der Waals surface area contributed by atoms with E-state index in [1.807, 2.05) is 36.4 Å². The first kappa shape index (κ1) is 16.3. The molecule has 6 nitrogen and oxygen atoms in total. The Morgan fingerprint density at radius 3 is 2.69 bits per heavy atom. The molecule has 0 N–H and O–H groups in total. The molecule has 7 heteroatoms. The van der Waals surface area contributed by atoms with Crippen LogP contribution in [0.25, 0.3) is 15.2 Å². The molecule has 130 valence electrons. The highest BCUT2D eigenvalue weighted by Crippen LogP contribution is 2.27. The molecular weight excluding hydrogens is 350 g/mol. The summed E-state index contributed by atoms with van der Waals surface area (Å²) in [7, 11) is 3.23.